The third kappa shape index (κ3) is 8.54. The molecule has 0 saturated heterocycles. The number of fused-ring (bicyclic) bond motifs is 3. The third-order valence-electron chi connectivity index (χ3n) is 7.11. The largest absolute Gasteiger partial charge is 0.454 e. The molecule has 12 heteroatoms. The van der Waals surface area contributed by atoms with E-state index in [9.17, 15) is 23.9 Å². The highest BCUT2D eigenvalue weighted by atomic mass is 79.9. The van der Waals surface area contributed by atoms with E-state index < -0.39 is 12.3 Å². The van der Waals surface area contributed by atoms with E-state index in [-0.39, 0.29) is 37.4 Å². The molecular formula is C32H30Br3FO8. The van der Waals surface area contributed by atoms with Gasteiger partial charge < -0.3 is 24.4 Å². The van der Waals surface area contributed by atoms with E-state index in [2.05, 4.69) is 52.5 Å². The molecule has 3 aromatic carbocycles. The molecule has 3 unspecified atom stereocenters. The number of cyclic esters (lactones) is 3. The number of carbonyl (C=O) groups excluding carboxylic acids is 3. The lowest BCUT2D eigenvalue weighted by Crippen LogP contribution is -1.99. The van der Waals surface area contributed by atoms with Crippen molar-refractivity contribution in [3.63, 3.8) is 0 Å². The summed E-state index contributed by atoms with van der Waals surface area (Å²) in [5.74, 6) is -0.995. The average Bonchev–Trinajstić information content (AvgIpc) is 3.58. The van der Waals surface area contributed by atoms with Crippen LogP contribution >= 0.6 is 47.8 Å². The van der Waals surface area contributed by atoms with Crippen LogP contribution in [0.15, 0.2) is 68.0 Å². The van der Waals surface area contributed by atoms with Crippen LogP contribution in [0.25, 0.3) is 0 Å². The summed E-state index contributed by atoms with van der Waals surface area (Å²) in [6.45, 7) is -0.123. The Kier molecular flexibility index (Phi) is 12.5. The molecule has 44 heavy (non-hydrogen) atoms. The van der Waals surface area contributed by atoms with E-state index in [0.717, 1.165) is 50.2 Å². The predicted octanol–water partition coefficient (Wildman–Crippen LogP) is 8.23. The molecule has 3 aliphatic heterocycles. The second-order valence-corrected chi connectivity index (χ2v) is 12.9. The number of halogens is 4. The number of hydrogen-bond donors (Lipinski definition) is 2. The lowest BCUT2D eigenvalue weighted by atomic mass is 10.0. The van der Waals surface area contributed by atoms with Gasteiger partial charge in [0, 0.05) is 36.7 Å². The number of carbonyl (C=O) groups is 3. The highest BCUT2D eigenvalue weighted by Gasteiger charge is 2.32. The highest BCUT2D eigenvalue weighted by molar-refractivity contribution is 9.11. The summed E-state index contributed by atoms with van der Waals surface area (Å²) in [6.07, 6.45) is 2.93. The Bertz CT molecular complexity index is 1440. The Morgan fingerprint density at radius 1 is 0.614 bits per heavy atom. The first kappa shape index (κ1) is 34.2. The van der Waals surface area contributed by atoms with Crippen LogP contribution in [-0.2, 0) is 14.2 Å². The SMILES string of the molecule is O=C1OC(CCCCF)c2ccc(Br)cc21.O=C1OC(CCCCO)c2ccc(Br)cc21.O=C1OC(O)c2ccc(Br)cc21. The first-order valence-electron chi connectivity index (χ1n) is 14.0. The Morgan fingerprint density at radius 3 is 1.48 bits per heavy atom. The molecule has 0 aromatic heterocycles. The summed E-state index contributed by atoms with van der Waals surface area (Å²) >= 11 is 9.88. The topological polar surface area (TPSA) is 119 Å². The van der Waals surface area contributed by atoms with Crippen molar-refractivity contribution >= 4 is 65.7 Å². The first-order valence-corrected chi connectivity index (χ1v) is 16.4. The fourth-order valence-corrected chi connectivity index (χ4v) is 6.01. The molecular weight excluding hydrogens is 771 g/mol. The molecule has 8 nitrogen and oxygen atoms in total. The predicted molar refractivity (Wildman–Crippen MR) is 170 cm³/mol. The zero-order chi connectivity index (χ0) is 31.8. The molecule has 3 aromatic rings. The van der Waals surface area contributed by atoms with Crippen molar-refractivity contribution < 1.29 is 43.2 Å². The van der Waals surface area contributed by atoms with Crippen LogP contribution in [0, 0.1) is 0 Å². The Balaban J connectivity index is 0.000000152. The molecule has 0 radical (unpaired) electrons. The molecule has 0 amide bonds. The van der Waals surface area contributed by atoms with Crippen molar-refractivity contribution in [2.75, 3.05) is 13.3 Å². The number of alkyl halides is 1. The Labute approximate surface area is 279 Å². The lowest BCUT2D eigenvalue weighted by molar-refractivity contribution is -0.0548. The maximum atomic E-state index is 12.0. The molecule has 2 N–H and O–H groups in total. The van der Waals surface area contributed by atoms with Crippen molar-refractivity contribution in [2.24, 2.45) is 0 Å². The summed E-state index contributed by atoms with van der Waals surface area (Å²) in [6, 6.07) is 16.2. The van der Waals surface area contributed by atoms with E-state index in [1.807, 2.05) is 24.3 Å². The zero-order valence-corrected chi connectivity index (χ0v) is 28.2. The monoisotopic (exact) mass is 798 g/mol. The minimum Gasteiger partial charge on any atom is -0.454 e. The lowest BCUT2D eigenvalue weighted by Gasteiger charge is -2.09. The van der Waals surface area contributed by atoms with Crippen LogP contribution in [0.1, 0.15) is 105 Å². The smallest absolute Gasteiger partial charge is 0.341 e. The van der Waals surface area contributed by atoms with Gasteiger partial charge in [0.05, 0.1) is 23.4 Å². The third-order valence-corrected chi connectivity index (χ3v) is 8.59. The molecule has 234 valence electrons. The number of rotatable bonds is 8. The van der Waals surface area contributed by atoms with Crippen molar-refractivity contribution in [3.8, 4) is 0 Å². The minimum absolute atomic E-state index is 0.137. The van der Waals surface area contributed by atoms with Gasteiger partial charge in [-0.15, -0.1) is 0 Å². The number of aliphatic hydroxyl groups excluding tert-OH is 2. The molecule has 0 fully saturated rings. The molecule has 3 heterocycles. The van der Waals surface area contributed by atoms with Crippen molar-refractivity contribution in [1.29, 1.82) is 0 Å². The second-order valence-electron chi connectivity index (χ2n) is 10.1. The molecule has 0 bridgehead atoms. The summed E-state index contributed by atoms with van der Waals surface area (Å²) < 4.78 is 29.7. The van der Waals surface area contributed by atoms with Gasteiger partial charge in [-0.05, 0) is 74.9 Å². The summed E-state index contributed by atoms with van der Waals surface area (Å²) in [5, 5.41) is 17.9. The van der Waals surface area contributed by atoms with Gasteiger partial charge in [0.2, 0.25) is 6.29 Å². The maximum Gasteiger partial charge on any atom is 0.341 e. The fraction of sp³-hybridized carbons (Fsp3) is 0.344. The van der Waals surface area contributed by atoms with Crippen molar-refractivity contribution in [2.45, 2.75) is 57.0 Å². The summed E-state index contributed by atoms with van der Waals surface area (Å²) in [4.78, 5) is 34.1. The normalized spacial score (nSPS) is 19.0. The van der Waals surface area contributed by atoms with E-state index in [4.69, 9.17) is 14.6 Å². The number of esters is 3. The quantitative estimate of drug-likeness (QED) is 0.133. The van der Waals surface area contributed by atoms with Crippen molar-refractivity contribution in [1.82, 2.24) is 0 Å². The van der Waals surface area contributed by atoms with E-state index in [1.165, 1.54) is 0 Å². The van der Waals surface area contributed by atoms with Crippen LogP contribution in [0.2, 0.25) is 0 Å². The number of unbranched alkanes of at least 4 members (excludes halogenated alkanes) is 2. The number of hydrogen-bond acceptors (Lipinski definition) is 8. The maximum absolute atomic E-state index is 12.0. The molecule has 0 spiro atoms. The number of aliphatic hydroxyl groups is 2. The second kappa shape index (κ2) is 16.1. The van der Waals surface area contributed by atoms with Gasteiger partial charge in [0.25, 0.3) is 0 Å². The van der Waals surface area contributed by atoms with Crippen LogP contribution in [0.4, 0.5) is 4.39 Å². The van der Waals surface area contributed by atoms with Gasteiger partial charge in [0.15, 0.2) is 0 Å². The Morgan fingerprint density at radius 2 is 1.02 bits per heavy atom. The van der Waals surface area contributed by atoms with E-state index >= 15 is 0 Å². The first-order chi connectivity index (χ1) is 21.1. The average molecular weight is 801 g/mol. The Hall–Kier alpha value is -2.64. The zero-order valence-electron chi connectivity index (χ0n) is 23.4. The van der Waals surface area contributed by atoms with E-state index in [0.29, 0.717) is 35.1 Å². The van der Waals surface area contributed by atoms with Gasteiger partial charge >= 0.3 is 17.9 Å². The van der Waals surface area contributed by atoms with Crippen LogP contribution in [-0.4, -0.2) is 41.4 Å². The van der Waals surface area contributed by atoms with Gasteiger partial charge in [-0.1, -0.05) is 66.0 Å². The van der Waals surface area contributed by atoms with Crippen LogP contribution < -0.4 is 0 Å². The van der Waals surface area contributed by atoms with Crippen LogP contribution in [0.3, 0.4) is 0 Å². The molecule has 6 rings (SSSR count). The van der Waals surface area contributed by atoms with Gasteiger partial charge in [-0.3, -0.25) is 4.39 Å². The van der Waals surface area contributed by atoms with Crippen molar-refractivity contribution in [3.05, 3.63) is 101 Å². The molecule has 3 aliphatic rings. The van der Waals surface area contributed by atoms with Gasteiger partial charge in [0.1, 0.15) is 12.2 Å². The van der Waals surface area contributed by atoms with Gasteiger partial charge in [-0.2, -0.15) is 0 Å². The summed E-state index contributed by atoms with van der Waals surface area (Å²) in [7, 11) is 0. The standard InChI is InChI=1S/C12H12BrFO2.C12H13BrO3.C8H5BrO3/c2*13-8-4-5-9-10(7-8)12(15)16-11(9)3-1-2-6-14;9-4-1-2-5-6(3-4)8(11)12-7(5)10/h4-5,7,11H,1-3,6H2;4-5,7,11,14H,1-3,6H2;1-3,7,10H. The fourth-order valence-electron chi connectivity index (χ4n) is 4.93. The van der Waals surface area contributed by atoms with Gasteiger partial charge in [-0.25, -0.2) is 14.4 Å². The molecule has 3 atom stereocenters. The van der Waals surface area contributed by atoms with Crippen LogP contribution in [0.5, 0.6) is 0 Å². The molecule has 0 saturated carbocycles. The van der Waals surface area contributed by atoms with E-state index in [1.54, 1.807) is 30.3 Å². The highest BCUT2D eigenvalue weighted by Crippen LogP contribution is 2.37. The number of benzene rings is 3. The molecule has 0 aliphatic carbocycles. The summed E-state index contributed by atoms with van der Waals surface area (Å²) in [5.41, 5.74) is 4.13. The number of ether oxygens (including phenoxy) is 3. The minimum atomic E-state index is -1.10.